The molecule has 5 nitrogen and oxygen atoms in total. The highest BCUT2D eigenvalue weighted by molar-refractivity contribution is 6.29. The lowest BCUT2D eigenvalue weighted by Crippen LogP contribution is -2.44. The first kappa shape index (κ1) is 14.7. The molecule has 0 amide bonds. The Balaban J connectivity index is 2.83. The third kappa shape index (κ3) is 3.85. The van der Waals surface area contributed by atoms with Crippen molar-refractivity contribution in [2.24, 2.45) is 0 Å². The number of aromatic nitrogens is 1. The summed E-state index contributed by atoms with van der Waals surface area (Å²) in [6.07, 6.45) is 0. The fourth-order valence-electron chi connectivity index (χ4n) is 1.18. The van der Waals surface area contributed by atoms with Crippen LogP contribution < -0.4 is 5.32 Å². The number of hydrogen-bond donors (Lipinski definition) is 2. The molecule has 0 saturated carbocycles. The minimum atomic E-state index is -1.02. The van der Waals surface area contributed by atoms with Crippen LogP contribution in [0.15, 0.2) is 12.1 Å². The van der Waals surface area contributed by atoms with Gasteiger partial charge in [-0.25, -0.2) is 9.78 Å². The number of carboxylic acid groups (broad SMARTS) is 1. The summed E-state index contributed by atoms with van der Waals surface area (Å²) in [5.74, 6) is -0.552. The van der Waals surface area contributed by atoms with E-state index in [0.717, 1.165) is 0 Å². The van der Waals surface area contributed by atoms with Gasteiger partial charge in [0.15, 0.2) is 0 Å². The summed E-state index contributed by atoms with van der Waals surface area (Å²) in [5, 5.41) is 12.2. The van der Waals surface area contributed by atoms with Crippen LogP contribution in [0.4, 0.5) is 5.82 Å². The van der Waals surface area contributed by atoms with Crippen LogP contribution >= 0.6 is 11.6 Å². The van der Waals surface area contributed by atoms with Gasteiger partial charge in [0.05, 0.1) is 5.56 Å². The first-order valence-electron chi connectivity index (χ1n) is 5.54. The average molecular weight is 272 g/mol. The van der Waals surface area contributed by atoms with E-state index >= 15 is 0 Å². The molecule has 0 aliphatic heterocycles. The maximum Gasteiger partial charge on any atom is 0.335 e. The monoisotopic (exact) mass is 271 g/mol. The first-order valence-corrected chi connectivity index (χ1v) is 5.92. The van der Waals surface area contributed by atoms with Crippen molar-refractivity contribution in [2.75, 3.05) is 26.0 Å². The number of hydrogen-bond acceptors (Lipinski definition) is 4. The van der Waals surface area contributed by atoms with E-state index in [0.29, 0.717) is 12.4 Å². The minimum Gasteiger partial charge on any atom is -0.478 e. The van der Waals surface area contributed by atoms with E-state index in [-0.39, 0.29) is 16.3 Å². The predicted octanol–water partition coefficient (Wildman–Crippen LogP) is 2.19. The second-order valence-electron chi connectivity index (χ2n) is 4.93. The third-order valence-corrected chi connectivity index (χ3v) is 3.15. The molecule has 0 aliphatic rings. The topological polar surface area (TPSA) is 65.5 Å². The summed E-state index contributed by atoms with van der Waals surface area (Å²) in [4.78, 5) is 17.0. The van der Waals surface area contributed by atoms with E-state index in [9.17, 15) is 4.79 Å². The van der Waals surface area contributed by atoms with Crippen molar-refractivity contribution in [1.29, 1.82) is 0 Å². The zero-order chi connectivity index (χ0) is 13.9. The van der Waals surface area contributed by atoms with Gasteiger partial charge in [-0.05, 0) is 40.1 Å². The van der Waals surface area contributed by atoms with Crippen molar-refractivity contribution >= 4 is 23.4 Å². The van der Waals surface area contributed by atoms with Gasteiger partial charge in [-0.2, -0.15) is 0 Å². The van der Waals surface area contributed by atoms with Crippen molar-refractivity contribution in [3.05, 3.63) is 22.8 Å². The predicted molar refractivity (Wildman–Crippen MR) is 72.5 cm³/mol. The van der Waals surface area contributed by atoms with Crippen LogP contribution in [0, 0.1) is 0 Å². The summed E-state index contributed by atoms with van der Waals surface area (Å²) in [6.45, 7) is 4.78. The van der Waals surface area contributed by atoms with Crippen molar-refractivity contribution in [1.82, 2.24) is 9.88 Å². The number of aromatic carboxylic acids is 1. The standard InChI is InChI=1S/C12H18ClN3O2/c1-12(2,16(3)4)7-14-10-6-8(11(17)18)5-9(13)15-10/h5-6H,7H2,1-4H3,(H,14,15)(H,17,18). The van der Waals surface area contributed by atoms with Crippen molar-refractivity contribution in [3.63, 3.8) is 0 Å². The van der Waals surface area contributed by atoms with Crippen molar-refractivity contribution in [3.8, 4) is 0 Å². The lowest BCUT2D eigenvalue weighted by Gasteiger charge is -2.32. The van der Waals surface area contributed by atoms with Gasteiger partial charge in [0, 0.05) is 12.1 Å². The Morgan fingerprint density at radius 3 is 2.61 bits per heavy atom. The van der Waals surface area contributed by atoms with Gasteiger partial charge in [0.25, 0.3) is 0 Å². The summed E-state index contributed by atoms with van der Waals surface area (Å²) in [7, 11) is 3.96. The maximum absolute atomic E-state index is 10.9. The van der Waals surface area contributed by atoms with E-state index < -0.39 is 5.97 Å². The molecule has 1 aromatic heterocycles. The molecule has 0 unspecified atom stereocenters. The third-order valence-electron chi connectivity index (χ3n) is 2.95. The summed E-state index contributed by atoms with van der Waals surface area (Å²) in [6, 6.07) is 2.80. The Bertz CT molecular complexity index is 447. The number of rotatable bonds is 5. The van der Waals surface area contributed by atoms with Gasteiger partial charge in [-0.1, -0.05) is 11.6 Å². The molecule has 0 aliphatic carbocycles. The molecule has 0 radical (unpaired) electrons. The van der Waals surface area contributed by atoms with Crippen LogP contribution in [0.25, 0.3) is 0 Å². The highest BCUT2D eigenvalue weighted by Crippen LogP contribution is 2.16. The summed E-state index contributed by atoms with van der Waals surface area (Å²) >= 11 is 5.78. The zero-order valence-electron chi connectivity index (χ0n) is 11.0. The summed E-state index contributed by atoms with van der Waals surface area (Å²) < 4.78 is 0. The lowest BCUT2D eigenvalue weighted by molar-refractivity contribution is 0.0697. The van der Waals surface area contributed by atoms with E-state index in [4.69, 9.17) is 16.7 Å². The number of likely N-dealkylation sites (N-methyl/N-ethyl adjacent to an activating group) is 1. The highest BCUT2D eigenvalue weighted by atomic mass is 35.5. The van der Waals surface area contributed by atoms with Crippen LogP contribution in [-0.2, 0) is 0 Å². The van der Waals surface area contributed by atoms with Crippen LogP contribution in [0.2, 0.25) is 5.15 Å². The number of carboxylic acids is 1. The van der Waals surface area contributed by atoms with Gasteiger partial charge in [-0.15, -0.1) is 0 Å². The molecule has 2 N–H and O–H groups in total. The van der Waals surface area contributed by atoms with Gasteiger partial charge >= 0.3 is 5.97 Å². The number of nitrogens with one attached hydrogen (secondary N) is 1. The molecule has 0 aromatic carbocycles. The SMILES string of the molecule is CN(C)C(C)(C)CNc1cc(C(=O)O)cc(Cl)n1. The van der Waals surface area contributed by atoms with Crippen LogP contribution in [-0.4, -0.2) is 47.1 Å². The molecule has 100 valence electrons. The highest BCUT2D eigenvalue weighted by Gasteiger charge is 2.20. The molecule has 0 fully saturated rings. The second-order valence-corrected chi connectivity index (χ2v) is 5.32. The average Bonchev–Trinajstić information content (AvgIpc) is 2.25. The molecule has 0 spiro atoms. The quantitative estimate of drug-likeness (QED) is 0.804. The Morgan fingerprint density at radius 1 is 1.50 bits per heavy atom. The maximum atomic E-state index is 10.9. The molecule has 1 rings (SSSR count). The van der Waals surface area contributed by atoms with Crippen molar-refractivity contribution in [2.45, 2.75) is 19.4 Å². The molecule has 0 atom stereocenters. The lowest BCUT2D eigenvalue weighted by atomic mass is 10.0. The molecular weight excluding hydrogens is 254 g/mol. The van der Waals surface area contributed by atoms with E-state index in [1.807, 2.05) is 14.1 Å². The second kappa shape index (κ2) is 5.54. The molecule has 1 aromatic rings. The van der Waals surface area contributed by atoms with Crippen LogP contribution in [0.1, 0.15) is 24.2 Å². The number of anilines is 1. The molecule has 18 heavy (non-hydrogen) atoms. The first-order chi connectivity index (χ1) is 8.22. The van der Waals surface area contributed by atoms with Gasteiger partial charge < -0.3 is 15.3 Å². The van der Waals surface area contributed by atoms with Crippen LogP contribution in [0.5, 0.6) is 0 Å². The van der Waals surface area contributed by atoms with Gasteiger partial charge in [0.1, 0.15) is 11.0 Å². The molecular formula is C12H18ClN3O2. The minimum absolute atomic E-state index is 0.0760. The normalized spacial score (nSPS) is 11.7. The zero-order valence-corrected chi connectivity index (χ0v) is 11.7. The number of carbonyl (C=O) groups is 1. The van der Waals surface area contributed by atoms with Gasteiger partial charge in [0.2, 0.25) is 0 Å². The molecule has 0 bridgehead atoms. The Kier molecular flexibility index (Phi) is 4.53. The Morgan fingerprint density at radius 2 is 2.11 bits per heavy atom. The number of nitrogens with zero attached hydrogens (tertiary/aromatic N) is 2. The fraction of sp³-hybridized carbons (Fsp3) is 0.500. The van der Waals surface area contributed by atoms with E-state index in [1.54, 1.807) is 0 Å². The van der Waals surface area contributed by atoms with Crippen LogP contribution in [0.3, 0.4) is 0 Å². The Labute approximate surface area is 112 Å². The molecule has 6 heteroatoms. The molecule has 0 saturated heterocycles. The Hall–Kier alpha value is -1.33. The number of pyridine rings is 1. The smallest absolute Gasteiger partial charge is 0.335 e. The molecule has 1 heterocycles. The summed E-state index contributed by atoms with van der Waals surface area (Å²) in [5.41, 5.74) is 0.0491. The largest absolute Gasteiger partial charge is 0.478 e. The van der Waals surface area contributed by atoms with Gasteiger partial charge in [-0.3, -0.25) is 0 Å². The van der Waals surface area contributed by atoms with E-state index in [1.165, 1.54) is 12.1 Å². The van der Waals surface area contributed by atoms with Crippen molar-refractivity contribution < 1.29 is 9.90 Å². The van der Waals surface area contributed by atoms with E-state index in [2.05, 4.69) is 29.0 Å². The fourth-order valence-corrected chi connectivity index (χ4v) is 1.38. The number of halogens is 1.